The molecule has 0 aliphatic rings. The zero-order chi connectivity index (χ0) is 14.4. The molecule has 0 atom stereocenters. The van der Waals surface area contributed by atoms with Gasteiger partial charge in [-0.1, -0.05) is 0 Å². The number of nitrogens with one attached hydrogen (secondary N) is 1. The summed E-state index contributed by atoms with van der Waals surface area (Å²) in [5, 5.41) is 0. The van der Waals surface area contributed by atoms with E-state index in [1.807, 2.05) is 22.8 Å². The molecule has 0 aliphatic carbocycles. The molecule has 0 amide bonds. The van der Waals surface area contributed by atoms with Crippen LogP contribution in [0.3, 0.4) is 0 Å². The Labute approximate surface area is 119 Å². The number of methoxy groups -OCH3 is 1. The summed E-state index contributed by atoms with van der Waals surface area (Å²) in [6.45, 7) is 0. The van der Waals surface area contributed by atoms with Crippen LogP contribution in [0, 0.1) is 5.82 Å². The molecule has 0 radical (unpaired) electrons. The van der Waals surface area contributed by atoms with E-state index in [4.69, 9.17) is 4.74 Å². The first-order valence-corrected chi connectivity index (χ1v) is 6.41. The summed E-state index contributed by atoms with van der Waals surface area (Å²) < 4.78 is 20.3. The Balaban J connectivity index is 1.94. The number of aromatic nitrogens is 4. The summed E-state index contributed by atoms with van der Waals surface area (Å²) in [5.41, 5.74) is 3.06. The molecule has 0 saturated carbocycles. The predicted molar refractivity (Wildman–Crippen MR) is 77.2 cm³/mol. The van der Waals surface area contributed by atoms with Crippen molar-refractivity contribution in [1.82, 2.24) is 19.5 Å². The maximum Gasteiger partial charge on any atom is 0.213 e. The number of H-pyrrole nitrogens is 1. The Morgan fingerprint density at radius 3 is 2.86 bits per heavy atom. The smallest absolute Gasteiger partial charge is 0.213 e. The highest BCUT2D eigenvalue weighted by molar-refractivity contribution is 5.80. The number of benzene rings is 2. The molecule has 4 rings (SSSR count). The fourth-order valence-corrected chi connectivity index (χ4v) is 2.37. The first-order valence-electron chi connectivity index (χ1n) is 6.41. The number of halogens is 1. The van der Waals surface area contributed by atoms with Gasteiger partial charge < -0.3 is 9.72 Å². The largest absolute Gasteiger partial charge is 0.497 e. The van der Waals surface area contributed by atoms with Crippen molar-refractivity contribution in [2.45, 2.75) is 0 Å². The van der Waals surface area contributed by atoms with Crippen molar-refractivity contribution in [3.63, 3.8) is 0 Å². The summed E-state index contributed by atoms with van der Waals surface area (Å²) in [6, 6.07) is 10.1. The van der Waals surface area contributed by atoms with Crippen molar-refractivity contribution in [3.8, 4) is 11.7 Å². The average Bonchev–Trinajstić information content (AvgIpc) is 3.08. The zero-order valence-corrected chi connectivity index (χ0v) is 11.2. The second kappa shape index (κ2) is 4.31. The van der Waals surface area contributed by atoms with Crippen molar-refractivity contribution >= 4 is 22.1 Å². The normalized spacial score (nSPS) is 11.3. The number of ether oxygens (including phenoxy) is 1. The molecule has 0 spiro atoms. The van der Waals surface area contributed by atoms with E-state index < -0.39 is 0 Å². The second-order valence-electron chi connectivity index (χ2n) is 4.69. The third-order valence-electron chi connectivity index (χ3n) is 3.41. The van der Waals surface area contributed by atoms with Crippen LogP contribution in [0.2, 0.25) is 0 Å². The van der Waals surface area contributed by atoms with Crippen molar-refractivity contribution in [2.24, 2.45) is 0 Å². The van der Waals surface area contributed by atoms with Crippen LogP contribution >= 0.6 is 0 Å². The fourth-order valence-electron chi connectivity index (χ4n) is 2.37. The van der Waals surface area contributed by atoms with Gasteiger partial charge in [0.25, 0.3) is 0 Å². The van der Waals surface area contributed by atoms with Gasteiger partial charge >= 0.3 is 0 Å². The van der Waals surface area contributed by atoms with E-state index in [-0.39, 0.29) is 5.82 Å². The van der Waals surface area contributed by atoms with Gasteiger partial charge in [-0.3, -0.25) is 4.57 Å². The molecule has 6 heteroatoms. The van der Waals surface area contributed by atoms with Crippen LogP contribution in [0.4, 0.5) is 4.39 Å². The molecule has 0 saturated heterocycles. The predicted octanol–water partition coefficient (Wildman–Crippen LogP) is 3.05. The molecular formula is C15H11FN4O. The minimum atomic E-state index is -0.296. The third-order valence-corrected chi connectivity index (χ3v) is 3.41. The number of hydrogen-bond donors (Lipinski definition) is 1. The van der Waals surface area contributed by atoms with Gasteiger partial charge in [0.1, 0.15) is 17.9 Å². The van der Waals surface area contributed by atoms with Crippen molar-refractivity contribution < 1.29 is 9.13 Å². The molecule has 2 aromatic heterocycles. The second-order valence-corrected chi connectivity index (χ2v) is 4.69. The number of hydrogen-bond acceptors (Lipinski definition) is 3. The van der Waals surface area contributed by atoms with Crippen LogP contribution in [0.1, 0.15) is 0 Å². The fraction of sp³-hybridized carbons (Fsp3) is 0.0667. The molecule has 2 heterocycles. The highest BCUT2D eigenvalue weighted by Crippen LogP contribution is 2.23. The van der Waals surface area contributed by atoms with Crippen LogP contribution in [-0.2, 0) is 0 Å². The van der Waals surface area contributed by atoms with Gasteiger partial charge in [0.05, 0.1) is 29.2 Å². The first kappa shape index (κ1) is 11.9. The lowest BCUT2D eigenvalue weighted by atomic mass is 10.3. The van der Waals surface area contributed by atoms with Gasteiger partial charge in [-0.2, -0.15) is 0 Å². The van der Waals surface area contributed by atoms with E-state index in [9.17, 15) is 4.39 Å². The highest BCUT2D eigenvalue weighted by Gasteiger charge is 2.10. The summed E-state index contributed by atoms with van der Waals surface area (Å²) >= 11 is 0. The molecular weight excluding hydrogens is 271 g/mol. The Morgan fingerprint density at radius 2 is 2.00 bits per heavy atom. The van der Waals surface area contributed by atoms with Crippen molar-refractivity contribution in [2.75, 3.05) is 7.11 Å². The molecule has 0 aliphatic heterocycles. The monoisotopic (exact) mass is 282 g/mol. The van der Waals surface area contributed by atoms with E-state index in [1.165, 1.54) is 12.1 Å². The van der Waals surface area contributed by atoms with E-state index in [0.29, 0.717) is 17.0 Å². The van der Waals surface area contributed by atoms with Crippen LogP contribution in [0.25, 0.3) is 28.0 Å². The standard InChI is InChI=1S/C15H11FN4O/c1-21-10-3-5-12-14(7-10)20(8-17-12)15-18-11-4-2-9(16)6-13(11)19-15/h2-8H,1H3,(H,18,19). The minimum absolute atomic E-state index is 0.296. The maximum atomic E-state index is 13.3. The zero-order valence-electron chi connectivity index (χ0n) is 11.2. The molecule has 5 nitrogen and oxygen atoms in total. The molecule has 104 valence electrons. The SMILES string of the molecule is COc1ccc2ncn(-c3nc4ccc(F)cc4[nH]3)c2c1. The summed E-state index contributed by atoms with van der Waals surface area (Å²) in [7, 11) is 1.62. The van der Waals surface area contributed by atoms with Crippen molar-refractivity contribution in [3.05, 3.63) is 48.5 Å². The first-order chi connectivity index (χ1) is 10.2. The number of nitrogens with zero attached hydrogens (tertiary/aromatic N) is 3. The maximum absolute atomic E-state index is 13.3. The van der Waals surface area contributed by atoms with Crippen LogP contribution in [0.15, 0.2) is 42.7 Å². The Kier molecular flexibility index (Phi) is 2.44. The molecule has 2 aromatic carbocycles. The molecule has 1 N–H and O–H groups in total. The van der Waals surface area contributed by atoms with E-state index >= 15 is 0 Å². The quantitative estimate of drug-likeness (QED) is 0.614. The van der Waals surface area contributed by atoms with Crippen LogP contribution < -0.4 is 4.74 Å². The number of imidazole rings is 2. The molecule has 21 heavy (non-hydrogen) atoms. The molecule has 0 bridgehead atoms. The van der Waals surface area contributed by atoms with E-state index in [1.54, 1.807) is 19.5 Å². The van der Waals surface area contributed by atoms with Crippen molar-refractivity contribution in [1.29, 1.82) is 0 Å². The summed E-state index contributed by atoms with van der Waals surface area (Å²) in [5.74, 6) is 1.03. The van der Waals surface area contributed by atoms with Crippen LogP contribution in [0.5, 0.6) is 5.75 Å². The van der Waals surface area contributed by atoms with Gasteiger partial charge in [0.15, 0.2) is 0 Å². The number of rotatable bonds is 2. The van der Waals surface area contributed by atoms with E-state index in [2.05, 4.69) is 15.0 Å². The highest BCUT2D eigenvalue weighted by atomic mass is 19.1. The summed E-state index contributed by atoms with van der Waals surface area (Å²) in [4.78, 5) is 11.9. The topological polar surface area (TPSA) is 55.7 Å². The Morgan fingerprint density at radius 1 is 1.14 bits per heavy atom. The average molecular weight is 282 g/mol. The van der Waals surface area contributed by atoms with Gasteiger partial charge in [-0.05, 0) is 30.3 Å². The van der Waals surface area contributed by atoms with Crippen LogP contribution in [-0.4, -0.2) is 26.6 Å². The van der Waals surface area contributed by atoms with E-state index in [0.717, 1.165) is 16.8 Å². The lowest BCUT2D eigenvalue weighted by Crippen LogP contribution is -1.94. The van der Waals surface area contributed by atoms with Gasteiger partial charge in [0, 0.05) is 6.07 Å². The van der Waals surface area contributed by atoms with Gasteiger partial charge in [-0.25, -0.2) is 14.4 Å². The summed E-state index contributed by atoms with van der Waals surface area (Å²) in [6.07, 6.45) is 1.68. The lowest BCUT2D eigenvalue weighted by Gasteiger charge is -2.02. The lowest BCUT2D eigenvalue weighted by molar-refractivity contribution is 0.415. The van der Waals surface area contributed by atoms with Gasteiger partial charge in [-0.15, -0.1) is 0 Å². The number of aromatic amines is 1. The molecule has 4 aromatic rings. The third kappa shape index (κ3) is 1.84. The molecule has 0 unspecified atom stereocenters. The minimum Gasteiger partial charge on any atom is -0.497 e. The van der Waals surface area contributed by atoms with Gasteiger partial charge in [0.2, 0.25) is 5.95 Å². The Hall–Kier alpha value is -2.89. The molecule has 0 fully saturated rings. The number of fused-ring (bicyclic) bond motifs is 2. The Bertz CT molecular complexity index is 957.